The van der Waals surface area contributed by atoms with Crippen molar-refractivity contribution in [3.8, 4) is 17.2 Å². The molecule has 1 aliphatic heterocycles. The minimum Gasteiger partial charge on any atom is -0.490 e. The summed E-state index contributed by atoms with van der Waals surface area (Å²) in [7, 11) is 0. The molecule has 0 radical (unpaired) electrons. The second-order valence-electron chi connectivity index (χ2n) is 7.33. The third-order valence-electron chi connectivity index (χ3n) is 4.81. The summed E-state index contributed by atoms with van der Waals surface area (Å²) in [4.78, 5) is 26.8. The number of nitrogens with zero attached hydrogens (tertiary/aromatic N) is 1. The predicted molar refractivity (Wildman–Crippen MR) is 112 cm³/mol. The Hall–Kier alpha value is -2.44. The molecular weight excluding hydrogens is 372 g/mol. The lowest BCUT2D eigenvalue weighted by molar-refractivity contribution is -0.124. The van der Waals surface area contributed by atoms with Crippen molar-refractivity contribution in [1.29, 1.82) is 0 Å². The lowest BCUT2D eigenvalue weighted by Crippen LogP contribution is -2.47. The Morgan fingerprint density at radius 2 is 1.52 bits per heavy atom. The van der Waals surface area contributed by atoms with E-state index < -0.39 is 0 Å². The van der Waals surface area contributed by atoms with E-state index in [1.807, 2.05) is 39.5 Å². The summed E-state index contributed by atoms with van der Waals surface area (Å²) in [5, 5.41) is 3.06. The van der Waals surface area contributed by atoms with Gasteiger partial charge in [-0.3, -0.25) is 9.59 Å². The molecule has 0 bridgehead atoms. The van der Waals surface area contributed by atoms with Crippen molar-refractivity contribution in [3.63, 3.8) is 0 Å². The van der Waals surface area contributed by atoms with Gasteiger partial charge >= 0.3 is 0 Å². The van der Waals surface area contributed by atoms with Crippen LogP contribution in [0.15, 0.2) is 12.1 Å². The first-order valence-corrected chi connectivity index (χ1v) is 10.6. The summed E-state index contributed by atoms with van der Waals surface area (Å²) in [6.45, 7) is 12.0. The lowest BCUT2D eigenvalue weighted by Gasteiger charge is -2.33. The van der Waals surface area contributed by atoms with Crippen molar-refractivity contribution in [2.45, 2.75) is 53.5 Å². The van der Waals surface area contributed by atoms with Gasteiger partial charge in [0, 0.05) is 30.6 Å². The number of benzene rings is 1. The number of carbonyl (C=O) groups excluding carboxylic acids is 2. The Balaban J connectivity index is 2.15. The fourth-order valence-electron chi connectivity index (χ4n) is 3.29. The van der Waals surface area contributed by atoms with Gasteiger partial charge in [0.05, 0.1) is 19.8 Å². The number of hydrogen-bond acceptors (Lipinski definition) is 5. The van der Waals surface area contributed by atoms with Crippen LogP contribution in [-0.4, -0.2) is 55.7 Å². The van der Waals surface area contributed by atoms with Crippen molar-refractivity contribution >= 4 is 11.8 Å². The maximum Gasteiger partial charge on any atom is 0.254 e. The van der Waals surface area contributed by atoms with Crippen molar-refractivity contribution < 1.29 is 23.8 Å². The number of rotatable bonds is 9. The maximum absolute atomic E-state index is 13.1. The Morgan fingerprint density at radius 1 is 1.00 bits per heavy atom. The van der Waals surface area contributed by atoms with E-state index in [9.17, 15) is 9.59 Å². The zero-order valence-electron chi connectivity index (χ0n) is 18.2. The van der Waals surface area contributed by atoms with Crippen LogP contribution in [0.25, 0.3) is 0 Å². The number of hydrogen-bond donors (Lipinski definition) is 1. The van der Waals surface area contributed by atoms with Crippen molar-refractivity contribution in [2.75, 3.05) is 32.9 Å². The van der Waals surface area contributed by atoms with Gasteiger partial charge in [0.1, 0.15) is 0 Å². The van der Waals surface area contributed by atoms with E-state index in [0.717, 1.165) is 12.8 Å². The second kappa shape index (κ2) is 10.9. The SMILES string of the molecule is CCOc1cc(C(=O)N2CCC(NC(=O)C(C)C)CC2)cc(OCC)c1OCC. The van der Waals surface area contributed by atoms with Crippen LogP contribution in [0, 0.1) is 5.92 Å². The van der Waals surface area contributed by atoms with E-state index in [-0.39, 0.29) is 23.8 Å². The molecule has 7 nitrogen and oxygen atoms in total. The molecule has 1 saturated heterocycles. The number of nitrogens with one attached hydrogen (secondary N) is 1. The fraction of sp³-hybridized carbons (Fsp3) is 0.636. The Labute approximate surface area is 173 Å². The number of amides is 2. The van der Waals surface area contributed by atoms with Gasteiger partial charge < -0.3 is 24.4 Å². The summed E-state index contributed by atoms with van der Waals surface area (Å²) in [6, 6.07) is 3.57. The monoisotopic (exact) mass is 406 g/mol. The summed E-state index contributed by atoms with van der Waals surface area (Å²) in [6.07, 6.45) is 1.50. The molecule has 7 heteroatoms. The first-order chi connectivity index (χ1) is 13.9. The van der Waals surface area contributed by atoms with Gasteiger partial charge in [0.15, 0.2) is 11.5 Å². The highest BCUT2D eigenvalue weighted by Gasteiger charge is 2.27. The largest absolute Gasteiger partial charge is 0.490 e. The molecule has 162 valence electrons. The van der Waals surface area contributed by atoms with Crippen LogP contribution in [0.4, 0.5) is 0 Å². The lowest BCUT2D eigenvalue weighted by atomic mass is 10.0. The maximum atomic E-state index is 13.1. The molecule has 1 aromatic carbocycles. The first kappa shape index (κ1) is 22.8. The van der Waals surface area contributed by atoms with E-state index in [4.69, 9.17) is 14.2 Å². The average molecular weight is 407 g/mol. The van der Waals surface area contributed by atoms with E-state index in [0.29, 0.717) is 55.7 Å². The van der Waals surface area contributed by atoms with Gasteiger partial charge in [-0.15, -0.1) is 0 Å². The van der Waals surface area contributed by atoms with Gasteiger partial charge in [0.25, 0.3) is 5.91 Å². The number of likely N-dealkylation sites (tertiary alicyclic amines) is 1. The molecule has 1 N–H and O–H groups in total. The van der Waals surface area contributed by atoms with Crippen LogP contribution >= 0.6 is 0 Å². The molecule has 1 aromatic rings. The van der Waals surface area contributed by atoms with Gasteiger partial charge in [-0.1, -0.05) is 13.8 Å². The zero-order chi connectivity index (χ0) is 21.4. The summed E-state index contributed by atoms with van der Waals surface area (Å²) in [5.74, 6) is 1.52. The predicted octanol–water partition coefficient (Wildman–Crippen LogP) is 3.26. The highest BCUT2D eigenvalue weighted by atomic mass is 16.5. The van der Waals surface area contributed by atoms with Crippen LogP contribution in [0.2, 0.25) is 0 Å². The molecule has 0 unspecified atom stereocenters. The third-order valence-corrected chi connectivity index (χ3v) is 4.81. The van der Waals surface area contributed by atoms with Crippen LogP contribution < -0.4 is 19.5 Å². The zero-order valence-corrected chi connectivity index (χ0v) is 18.2. The number of piperidine rings is 1. The molecule has 0 atom stereocenters. The number of carbonyl (C=O) groups is 2. The minimum atomic E-state index is -0.0661. The standard InChI is InChI=1S/C22H34N2O5/c1-6-27-18-13-16(14-19(28-7-2)20(18)29-8-3)22(26)24-11-9-17(10-12-24)23-21(25)15(4)5/h13-15,17H,6-12H2,1-5H3,(H,23,25). The molecule has 0 aromatic heterocycles. The molecule has 0 aliphatic carbocycles. The minimum absolute atomic E-state index is 0.0347. The van der Waals surface area contributed by atoms with Crippen molar-refractivity contribution in [3.05, 3.63) is 17.7 Å². The fourth-order valence-corrected chi connectivity index (χ4v) is 3.29. The van der Waals surface area contributed by atoms with E-state index in [2.05, 4.69) is 5.32 Å². The second-order valence-corrected chi connectivity index (χ2v) is 7.33. The molecule has 2 amide bonds. The van der Waals surface area contributed by atoms with Crippen LogP contribution in [-0.2, 0) is 4.79 Å². The van der Waals surface area contributed by atoms with Crippen LogP contribution in [0.5, 0.6) is 17.2 Å². The molecule has 0 saturated carbocycles. The van der Waals surface area contributed by atoms with Gasteiger partial charge in [-0.25, -0.2) is 0 Å². The van der Waals surface area contributed by atoms with Gasteiger partial charge in [0.2, 0.25) is 11.7 Å². The Bertz CT molecular complexity index is 669. The number of ether oxygens (including phenoxy) is 3. The molecule has 1 heterocycles. The topological polar surface area (TPSA) is 77.1 Å². The molecule has 29 heavy (non-hydrogen) atoms. The molecule has 1 aliphatic rings. The quantitative estimate of drug-likeness (QED) is 0.681. The van der Waals surface area contributed by atoms with Crippen molar-refractivity contribution in [1.82, 2.24) is 10.2 Å². The van der Waals surface area contributed by atoms with E-state index >= 15 is 0 Å². The highest BCUT2D eigenvalue weighted by Crippen LogP contribution is 2.39. The van der Waals surface area contributed by atoms with Crippen molar-refractivity contribution in [2.24, 2.45) is 5.92 Å². The van der Waals surface area contributed by atoms with E-state index in [1.165, 1.54) is 0 Å². The smallest absolute Gasteiger partial charge is 0.254 e. The molecular formula is C22H34N2O5. The first-order valence-electron chi connectivity index (χ1n) is 10.6. The molecule has 0 spiro atoms. The van der Waals surface area contributed by atoms with Gasteiger partial charge in [-0.2, -0.15) is 0 Å². The normalized spacial score (nSPS) is 14.6. The summed E-state index contributed by atoms with van der Waals surface area (Å²) in [5.41, 5.74) is 0.519. The highest BCUT2D eigenvalue weighted by molar-refractivity contribution is 5.95. The summed E-state index contributed by atoms with van der Waals surface area (Å²) < 4.78 is 17.1. The average Bonchev–Trinajstić information content (AvgIpc) is 2.70. The molecule has 1 fully saturated rings. The Morgan fingerprint density at radius 3 is 1.97 bits per heavy atom. The third kappa shape index (κ3) is 6.02. The van der Waals surface area contributed by atoms with Crippen LogP contribution in [0.3, 0.4) is 0 Å². The summed E-state index contributed by atoms with van der Waals surface area (Å²) >= 11 is 0. The van der Waals surface area contributed by atoms with E-state index in [1.54, 1.807) is 12.1 Å². The van der Waals surface area contributed by atoms with Gasteiger partial charge in [-0.05, 0) is 45.7 Å². The van der Waals surface area contributed by atoms with Crippen LogP contribution in [0.1, 0.15) is 57.8 Å². The molecule has 2 rings (SSSR count). The Kier molecular flexibility index (Phi) is 8.61.